The Kier molecular flexibility index (Phi) is 5.11. The molecule has 0 amide bonds. The van der Waals surface area contributed by atoms with Crippen LogP contribution in [0.1, 0.15) is 45.2 Å². The Bertz CT molecular complexity index is 1100. The predicted octanol–water partition coefficient (Wildman–Crippen LogP) is 5.92. The van der Waals surface area contributed by atoms with Gasteiger partial charge in [0.1, 0.15) is 5.58 Å². The topological polar surface area (TPSA) is 50.4 Å². The molecule has 0 spiro atoms. The Labute approximate surface area is 166 Å². The van der Waals surface area contributed by atoms with Gasteiger partial charge in [-0.05, 0) is 49.4 Å². The molecule has 0 saturated carbocycles. The number of fused-ring (bicyclic) bond motifs is 1. The molecule has 29 heavy (non-hydrogen) atoms. The first kappa shape index (κ1) is 21.1. The molecular formula is C23H23F3O3. The largest absolute Gasteiger partial charge is 0.422 e. The van der Waals surface area contributed by atoms with E-state index in [0.29, 0.717) is 17.4 Å². The van der Waals surface area contributed by atoms with Crippen LogP contribution in [0.3, 0.4) is 0 Å². The van der Waals surface area contributed by atoms with Gasteiger partial charge in [0.05, 0.1) is 16.7 Å². The van der Waals surface area contributed by atoms with Crippen molar-refractivity contribution in [3.8, 4) is 11.1 Å². The second kappa shape index (κ2) is 7.02. The van der Waals surface area contributed by atoms with Gasteiger partial charge in [-0.1, -0.05) is 44.2 Å². The molecule has 0 unspecified atom stereocenters. The van der Waals surface area contributed by atoms with E-state index in [1.165, 1.54) is 24.3 Å². The van der Waals surface area contributed by atoms with Crippen LogP contribution in [-0.2, 0) is 11.6 Å². The summed E-state index contributed by atoms with van der Waals surface area (Å²) >= 11 is 0. The maximum absolute atomic E-state index is 13.3. The van der Waals surface area contributed by atoms with E-state index in [2.05, 4.69) is 0 Å². The summed E-state index contributed by atoms with van der Waals surface area (Å²) in [5.41, 5.74) is -2.17. The molecule has 0 fully saturated rings. The van der Waals surface area contributed by atoms with Gasteiger partial charge in [-0.2, -0.15) is 13.2 Å². The average Bonchev–Trinajstić information content (AvgIpc) is 2.58. The van der Waals surface area contributed by atoms with Crippen molar-refractivity contribution in [2.45, 2.75) is 51.3 Å². The quantitative estimate of drug-likeness (QED) is 0.550. The van der Waals surface area contributed by atoms with Gasteiger partial charge in [-0.15, -0.1) is 0 Å². The highest BCUT2D eigenvalue weighted by Crippen LogP contribution is 2.37. The molecule has 0 atom stereocenters. The molecule has 154 valence electrons. The van der Waals surface area contributed by atoms with Crippen molar-refractivity contribution in [3.63, 3.8) is 0 Å². The van der Waals surface area contributed by atoms with Crippen LogP contribution in [-0.4, -0.2) is 10.7 Å². The predicted molar refractivity (Wildman–Crippen MR) is 107 cm³/mol. The summed E-state index contributed by atoms with van der Waals surface area (Å²) in [4.78, 5) is 12.5. The lowest BCUT2D eigenvalue weighted by Gasteiger charge is -2.32. The van der Waals surface area contributed by atoms with Gasteiger partial charge in [0, 0.05) is 10.9 Å². The van der Waals surface area contributed by atoms with Crippen LogP contribution in [0.5, 0.6) is 0 Å². The molecule has 0 aliphatic heterocycles. The fourth-order valence-electron chi connectivity index (χ4n) is 3.87. The molecule has 1 N–H and O–H groups in total. The highest BCUT2D eigenvalue weighted by atomic mass is 19.4. The van der Waals surface area contributed by atoms with Crippen LogP contribution in [0, 0.1) is 0 Å². The zero-order valence-electron chi connectivity index (χ0n) is 16.7. The molecule has 0 saturated heterocycles. The first-order chi connectivity index (χ1) is 13.3. The zero-order chi connectivity index (χ0) is 21.6. The van der Waals surface area contributed by atoms with Gasteiger partial charge in [0.25, 0.3) is 0 Å². The molecule has 0 aliphatic carbocycles. The van der Waals surface area contributed by atoms with Crippen LogP contribution in [0.4, 0.5) is 13.2 Å². The van der Waals surface area contributed by atoms with E-state index >= 15 is 0 Å². The van der Waals surface area contributed by atoms with Crippen molar-refractivity contribution in [2.75, 3.05) is 0 Å². The van der Waals surface area contributed by atoms with Crippen LogP contribution < -0.4 is 5.63 Å². The summed E-state index contributed by atoms with van der Waals surface area (Å²) in [5, 5.41) is 10.7. The highest BCUT2D eigenvalue weighted by Gasteiger charge is 2.34. The normalized spacial score (nSPS) is 13.1. The monoisotopic (exact) mass is 404 g/mol. The van der Waals surface area contributed by atoms with E-state index in [9.17, 15) is 23.1 Å². The Balaban J connectivity index is 2.13. The Hall–Kier alpha value is -2.60. The van der Waals surface area contributed by atoms with Crippen molar-refractivity contribution in [1.29, 1.82) is 0 Å². The van der Waals surface area contributed by atoms with Gasteiger partial charge in [-0.25, -0.2) is 4.79 Å². The third kappa shape index (κ3) is 4.53. The summed E-state index contributed by atoms with van der Waals surface area (Å²) in [5.74, 6) is 0. The number of aliphatic hydroxyl groups is 1. The minimum atomic E-state index is -4.58. The van der Waals surface area contributed by atoms with Crippen LogP contribution in [0.2, 0.25) is 0 Å². The van der Waals surface area contributed by atoms with Crippen LogP contribution in [0.15, 0.2) is 57.7 Å². The fourth-order valence-corrected chi connectivity index (χ4v) is 3.87. The molecule has 1 heterocycles. The van der Waals surface area contributed by atoms with Gasteiger partial charge in [-0.3, -0.25) is 0 Å². The molecular weight excluding hydrogens is 381 g/mol. The Morgan fingerprint density at radius 3 is 2.21 bits per heavy atom. The number of hydrogen-bond acceptors (Lipinski definition) is 3. The first-order valence-electron chi connectivity index (χ1n) is 9.25. The molecule has 3 aromatic rings. The van der Waals surface area contributed by atoms with Gasteiger partial charge >= 0.3 is 11.8 Å². The van der Waals surface area contributed by atoms with Gasteiger partial charge in [0.2, 0.25) is 0 Å². The molecule has 2 aromatic carbocycles. The van der Waals surface area contributed by atoms with Crippen molar-refractivity contribution >= 4 is 11.0 Å². The molecule has 1 aromatic heterocycles. The first-order valence-corrected chi connectivity index (χ1v) is 9.25. The summed E-state index contributed by atoms with van der Waals surface area (Å²) in [6, 6.07) is 11.7. The van der Waals surface area contributed by atoms with Gasteiger partial charge < -0.3 is 9.52 Å². The Morgan fingerprint density at radius 2 is 1.59 bits per heavy atom. The standard InChI is InChI=1S/C23H23F3O3/c1-21(2,13-22(3,4)28)15-10-9-14-11-17(20(27)29-19(14)12-15)16-7-5-6-8-18(16)23(24,25)26/h5-12,28H,13H2,1-4H3. The summed E-state index contributed by atoms with van der Waals surface area (Å²) in [6.45, 7) is 7.39. The lowest BCUT2D eigenvalue weighted by atomic mass is 9.76. The second-order valence-corrected chi connectivity index (χ2v) is 8.62. The third-order valence-corrected chi connectivity index (χ3v) is 4.91. The minimum absolute atomic E-state index is 0.131. The number of hydrogen-bond donors (Lipinski definition) is 1. The number of halogens is 3. The van der Waals surface area contributed by atoms with E-state index in [4.69, 9.17) is 4.42 Å². The van der Waals surface area contributed by atoms with Crippen molar-refractivity contribution in [2.24, 2.45) is 0 Å². The van der Waals surface area contributed by atoms with Crippen molar-refractivity contribution in [3.05, 3.63) is 70.1 Å². The lowest BCUT2D eigenvalue weighted by Crippen LogP contribution is -2.31. The maximum Gasteiger partial charge on any atom is 0.417 e. The molecule has 3 rings (SSSR count). The molecule has 0 bridgehead atoms. The maximum atomic E-state index is 13.3. The van der Waals surface area contributed by atoms with Crippen LogP contribution in [0.25, 0.3) is 22.1 Å². The highest BCUT2D eigenvalue weighted by molar-refractivity contribution is 5.83. The average molecular weight is 404 g/mol. The summed E-state index contributed by atoms with van der Waals surface area (Å²) < 4.78 is 45.4. The Morgan fingerprint density at radius 1 is 0.931 bits per heavy atom. The van der Waals surface area contributed by atoms with E-state index in [1.54, 1.807) is 26.0 Å². The van der Waals surface area contributed by atoms with Crippen molar-refractivity contribution in [1.82, 2.24) is 0 Å². The SMILES string of the molecule is CC(C)(O)CC(C)(C)c1ccc2cc(-c3ccccc3C(F)(F)F)c(=O)oc2c1. The molecule has 6 heteroatoms. The summed E-state index contributed by atoms with van der Waals surface area (Å²) in [7, 11) is 0. The molecule has 0 aliphatic rings. The minimum Gasteiger partial charge on any atom is -0.422 e. The number of rotatable bonds is 4. The lowest BCUT2D eigenvalue weighted by molar-refractivity contribution is -0.137. The van der Waals surface area contributed by atoms with E-state index < -0.39 is 28.4 Å². The van der Waals surface area contributed by atoms with Gasteiger partial charge in [0.15, 0.2) is 0 Å². The van der Waals surface area contributed by atoms with E-state index in [0.717, 1.165) is 11.6 Å². The van der Waals surface area contributed by atoms with Crippen LogP contribution >= 0.6 is 0 Å². The molecule has 3 nitrogen and oxygen atoms in total. The zero-order valence-corrected chi connectivity index (χ0v) is 16.7. The fraction of sp³-hybridized carbons (Fsp3) is 0.348. The summed E-state index contributed by atoms with van der Waals surface area (Å²) in [6.07, 6.45) is -4.10. The van der Waals surface area contributed by atoms with E-state index in [-0.39, 0.29) is 11.1 Å². The van der Waals surface area contributed by atoms with Crippen molar-refractivity contribution < 1.29 is 22.7 Å². The number of benzene rings is 2. The third-order valence-electron chi connectivity index (χ3n) is 4.91. The second-order valence-electron chi connectivity index (χ2n) is 8.62. The molecule has 0 radical (unpaired) electrons. The number of alkyl halides is 3. The smallest absolute Gasteiger partial charge is 0.417 e. The van der Waals surface area contributed by atoms with E-state index in [1.807, 2.05) is 19.9 Å².